The highest BCUT2D eigenvalue weighted by atomic mass is 32.1. The van der Waals surface area contributed by atoms with Gasteiger partial charge in [0.15, 0.2) is 0 Å². The molecule has 1 aliphatic rings. The molecular formula is C10H13NS. The standard InChI is InChI=1S/C10H13NS/c1-2-5-11(6-3-1)8-10-4-7-12-9-10/h1-2,4,7,9H,3,5-6,8H2. The summed E-state index contributed by atoms with van der Waals surface area (Å²) in [6, 6.07) is 2.21. The van der Waals surface area contributed by atoms with Crippen LogP contribution in [0.2, 0.25) is 0 Å². The molecule has 0 atom stereocenters. The summed E-state index contributed by atoms with van der Waals surface area (Å²) in [6.07, 6.45) is 5.74. The molecule has 12 heavy (non-hydrogen) atoms. The molecule has 0 aromatic carbocycles. The summed E-state index contributed by atoms with van der Waals surface area (Å²) in [5, 5.41) is 4.38. The predicted molar refractivity (Wildman–Crippen MR) is 53.4 cm³/mol. The van der Waals surface area contributed by atoms with Crippen molar-refractivity contribution in [3.63, 3.8) is 0 Å². The lowest BCUT2D eigenvalue weighted by Crippen LogP contribution is -2.26. The second-order valence-corrected chi connectivity index (χ2v) is 3.91. The van der Waals surface area contributed by atoms with Crippen LogP contribution in [0.15, 0.2) is 29.0 Å². The van der Waals surface area contributed by atoms with Crippen molar-refractivity contribution in [1.82, 2.24) is 4.90 Å². The Morgan fingerprint density at radius 1 is 1.42 bits per heavy atom. The zero-order valence-electron chi connectivity index (χ0n) is 7.07. The van der Waals surface area contributed by atoms with Crippen LogP contribution in [0, 0.1) is 0 Å². The van der Waals surface area contributed by atoms with Crippen molar-refractivity contribution in [2.45, 2.75) is 13.0 Å². The topological polar surface area (TPSA) is 3.24 Å². The minimum atomic E-state index is 1.12. The van der Waals surface area contributed by atoms with E-state index in [2.05, 4.69) is 33.9 Å². The molecule has 0 saturated carbocycles. The molecule has 1 aromatic rings. The van der Waals surface area contributed by atoms with Gasteiger partial charge in [0, 0.05) is 19.6 Å². The third-order valence-electron chi connectivity index (χ3n) is 2.13. The second-order valence-electron chi connectivity index (χ2n) is 3.13. The Balaban J connectivity index is 1.91. The molecule has 1 nitrogen and oxygen atoms in total. The summed E-state index contributed by atoms with van der Waals surface area (Å²) >= 11 is 1.78. The van der Waals surface area contributed by atoms with E-state index in [0.29, 0.717) is 0 Å². The minimum Gasteiger partial charge on any atom is -0.295 e. The number of nitrogens with zero attached hydrogens (tertiary/aromatic N) is 1. The van der Waals surface area contributed by atoms with Crippen LogP contribution in [0.25, 0.3) is 0 Å². The van der Waals surface area contributed by atoms with Gasteiger partial charge in [0.1, 0.15) is 0 Å². The van der Waals surface area contributed by atoms with Crippen molar-refractivity contribution >= 4 is 11.3 Å². The summed E-state index contributed by atoms with van der Waals surface area (Å²) in [5.74, 6) is 0. The van der Waals surface area contributed by atoms with Gasteiger partial charge < -0.3 is 0 Å². The third kappa shape index (κ3) is 1.96. The lowest BCUT2D eigenvalue weighted by molar-refractivity contribution is 0.291. The molecule has 64 valence electrons. The van der Waals surface area contributed by atoms with Crippen LogP contribution in [0.3, 0.4) is 0 Å². The quantitative estimate of drug-likeness (QED) is 0.630. The lowest BCUT2D eigenvalue weighted by atomic mass is 10.2. The van der Waals surface area contributed by atoms with E-state index in [1.807, 2.05) is 0 Å². The van der Waals surface area contributed by atoms with E-state index in [1.54, 1.807) is 11.3 Å². The number of thiophene rings is 1. The molecule has 2 heteroatoms. The van der Waals surface area contributed by atoms with E-state index in [9.17, 15) is 0 Å². The molecule has 0 spiro atoms. The van der Waals surface area contributed by atoms with Crippen molar-refractivity contribution in [2.75, 3.05) is 13.1 Å². The number of hydrogen-bond acceptors (Lipinski definition) is 2. The Hall–Kier alpha value is -0.600. The van der Waals surface area contributed by atoms with E-state index in [-0.39, 0.29) is 0 Å². The maximum Gasteiger partial charge on any atom is 0.0245 e. The molecule has 0 saturated heterocycles. The van der Waals surface area contributed by atoms with Crippen molar-refractivity contribution in [2.24, 2.45) is 0 Å². The molecule has 1 aliphatic heterocycles. The molecule has 0 fully saturated rings. The summed E-state index contributed by atoms with van der Waals surface area (Å²) in [6.45, 7) is 3.45. The Labute approximate surface area is 77.3 Å². The molecule has 0 unspecified atom stereocenters. The fourth-order valence-corrected chi connectivity index (χ4v) is 2.13. The summed E-state index contributed by atoms with van der Waals surface area (Å²) < 4.78 is 0. The molecule has 0 amide bonds. The van der Waals surface area contributed by atoms with Gasteiger partial charge in [-0.15, -0.1) is 0 Å². The van der Waals surface area contributed by atoms with Crippen LogP contribution in [0.4, 0.5) is 0 Å². The first kappa shape index (κ1) is 8.02. The van der Waals surface area contributed by atoms with Crippen molar-refractivity contribution in [3.8, 4) is 0 Å². The highest BCUT2D eigenvalue weighted by Gasteiger charge is 2.05. The van der Waals surface area contributed by atoms with Crippen LogP contribution >= 0.6 is 11.3 Å². The van der Waals surface area contributed by atoms with E-state index in [4.69, 9.17) is 0 Å². The van der Waals surface area contributed by atoms with Gasteiger partial charge in [-0.1, -0.05) is 12.2 Å². The molecule has 0 bridgehead atoms. The SMILES string of the molecule is C1=CCN(Cc2ccsc2)CC1. The fraction of sp³-hybridized carbons (Fsp3) is 0.400. The molecule has 0 N–H and O–H groups in total. The number of hydrogen-bond donors (Lipinski definition) is 0. The van der Waals surface area contributed by atoms with Crippen LogP contribution in [0.1, 0.15) is 12.0 Å². The van der Waals surface area contributed by atoms with Crippen LogP contribution in [-0.4, -0.2) is 18.0 Å². The molecule has 0 aliphatic carbocycles. The van der Waals surface area contributed by atoms with Gasteiger partial charge in [-0.2, -0.15) is 11.3 Å². The smallest absolute Gasteiger partial charge is 0.0245 e. The van der Waals surface area contributed by atoms with E-state index in [0.717, 1.165) is 13.1 Å². The zero-order chi connectivity index (χ0) is 8.23. The lowest BCUT2D eigenvalue weighted by Gasteiger charge is -2.22. The Morgan fingerprint density at radius 2 is 2.42 bits per heavy atom. The largest absolute Gasteiger partial charge is 0.295 e. The van der Waals surface area contributed by atoms with E-state index in [1.165, 1.54) is 18.5 Å². The average Bonchev–Trinajstić information content (AvgIpc) is 2.59. The van der Waals surface area contributed by atoms with Crippen molar-refractivity contribution < 1.29 is 0 Å². The Kier molecular flexibility index (Phi) is 2.59. The van der Waals surface area contributed by atoms with Gasteiger partial charge >= 0.3 is 0 Å². The molecule has 1 aromatic heterocycles. The number of rotatable bonds is 2. The first-order chi connectivity index (χ1) is 5.95. The van der Waals surface area contributed by atoms with Gasteiger partial charge in [-0.25, -0.2) is 0 Å². The first-order valence-electron chi connectivity index (χ1n) is 4.33. The predicted octanol–water partition coefficient (Wildman–Crippen LogP) is 2.51. The minimum absolute atomic E-state index is 1.12. The van der Waals surface area contributed by atoms with Gasteiger partial charge in [0.2, 0.25) is 0 Å². The van der Waals surface area contributed by atoms with Gasteiger partial charge in [0.05, 0.1) is 0 Å². The van der Waals surface area contributed by atoms with Gasteiger partial charge in [-0.05, 0) is 28.8 Å². The van der Waals surface area contributed by atoms with Gasteiger partial charge in [-0.3, -0.25) is 4.90 Å². The monoisotopic (exact) mass is 179 g/mol. The van der Waals surface area contributed by atoms with E-state index >= 15 is 0 Å². The fourth-order valence-electron chi connectivity index (χ4n) is 1.47. The maximum absolute atomic E-state index is 2.47. The van der Waals surface area contributed by atoms with Crippen molar-refractivity contribution in [1.29, 1.82) is 0 Å². The summed E-state index contributed by atoms with van der Waals surface area (Å²) in [4.78, 5) is 2.47. The Bertz CT molecular complexity index is 251. The van der Waals surface area contributed by atoms with Crippen LogP contribution < -0.4 is 0 Å². The van der Waals surface area contributed by atoms with Crippen LogP contribution in [-0.2, 0) is 6.54 Å². The van der Waals surface area contributed by atoms with E-state index < -0.39 is 0 Å². The highest BCUT2D eigenvalue weighted by molar-refractivity contribution is 7.07. The summed E-state index contributed by atoms with van der Waals surface area (Å²) in [5.41, 5.74) is 1.45. The molecule has 0 radical (unpaired) electrons. The van der Waals surface area contributed by atoms with Crippen molar-refractivity contribution in [3.05, 3.63) is 34.5 Å². The Morgan fingerprint density at radius 3 is 3.08 bits per heavy atom. The second kappa shape index (κ2) is 3.87. The van der Waals surface area contributed by atoms with Gasteiger partial charge in [0.25, 0.3) is 0 Å². The van der Waals surface area contributed by atoms with Crippen LogP contribution in [0.5, 0.6) is 0 Å². The summed E-state index contributed by atoms with van der Waals surface area (Å²) in [7, 11) is 0. The maximum atomic E-state index is 2.47. The normalized spacial score (nSPS) is 18.3. The first-order valence-corrected chi connectivity index (χ1v) is 5.28. The molecule has 2 heterocycles. The average molecular weight is 179 g/mol. The zero-order valence-corrected chi connectivity index (χ0v) is 7.89. The third-order valence-corrected chi connectivity index (χ3v) is 2.86. The molecule has 2 rings (SSSR count). The molecular weight excluding hydrogens is 166 g/mol. The highest BCUT2D eigenvalue weighted by Crippen LogP contribution is 2.11.